The molecule has 1 fully saturated rings. The number of piperazine rings is 1. The molecular formula is C16H25ClN10O2Y-2. The summed E-state index contributed by atoms with van der Waals surface area (Å²) in [4.78, 5) is 32.6. The topological polar surface area (TPSA) is 203 Å². The van der Waals surface area contributed by atoms with Gasteiger partial charge < -0.3 is 43.5 Å². The predicted octanol–water partition coefficient (Wildman–Crippen LogP) is -0.335. The summed E-state index contributed by atoms with van der Waals surface area (Å²) in [6.07, 6.45) is 1.76. The summed E-state index contributed by atoms with van der Waals surface area (Å²) in [5.41, 5.74) is 24.0. The van der Waals surface area contributed by atoms with Crippen molar-refractivity contribution in [3.05, 3.63) is 33.5 Å². The molecule has 0 aromatic carbocycles. The fourth-order valence-corrected chi connectivity index (χ4v) is 2.58. The first-order valence-electron chi connectivity index (χ1n) is 8.66. The molecule has 30 heavy (non-hydrogen) atoms. The third-order valence-electron chi connectivity index (χ3n) is 4.00. The van der Waals surface area contributed by atoms with Gasteiger partial charge in [0.2, 0.25) is 5.91 Å². The van der Waals surface area contributed by atoms with E-state index < -0.39 is 0 Å². The van der Waals surface area contributed by atoms with E-state index in [9.17, 15) is 9.59 Å². The van der Waals surface area contributed by atoms with Gasteiger partial charge in [0.1, 0.15) is 5.69 Å². The van der Waals surface area contributed by atoms with Crippen LogP contribution in [0.4, 0.5) is 11.6 Å². The van der Waals surface area contributed by atoms with E-state index in [0.29, 0.717) is 51.1 Å². The number of nitrogens with two attached hydrogens (primary N) is 3. The Kier molecular flexibility index (Phi) is 13.1. The molecule has 2 heterocycles. The minimum absolute atomic E-state index is 0. The summed E-state index contributed by atoms with van der Waals surface area (Å²) in [5, 5.41) is 11.8. The molecule has 12 nitrogen and oxygen atoms in total. The van der Waals surface area contributed by atoms with Crippen LogP contribution in [0.25, 0.3) is 11.1 Å². The van der Waals surface area contributed by atoms with Gasteiger partial charge in [0.25, 0.3) is 0 Å². The van der Waals surface area contributed by atoms with E-state index in [1.54, 1.807) is 11.9 Å². The minimum atomic E-state index is -0.0127. The number of carbonyl (C=O) groups is 2. The molecule has 1 aromatic heterocycles. The van der Waals surface area contributed by atoms with Crippen molar-refractivity contribution < 1.29 is 42.3 Å². The zero-order valence-corrected chi connectivity index (χ0v) is 20.2. The molecule has 0 spiro atoms. The van der Waals surface area contributed by atoms with Crippen LogP contribution in [0.1, 0.15) is 16.9 Å². The van der Waals surface area contributed by atoms with Crippen molar-refractivity contribution in [2.75, 3.05) is 51.2 Å². The number of carbonyl (C=O) groups excluding carboxylic acids is 2. The van der Waals surface area contributed by atoms with E-state index in [2.05, 4.69) is 15.3 Å². The number of allylic oxidation sites excluding steroid dienone is 1. The molecular weight excluding hydrogens is 489 g/mol. The van der Waals surface area contributed by atoms with Crippen molar-refractivity contribution in [2.24, 2.45) is 5.73 Å². The second-order valence-corrected chi connectivity index (χ2v) is 6.19. The number of nitrogens with one attached hydrogen (secondary N) is 2. The average molecular weight is 514 g/mol. The number of anilines is 2. The Morgan fingerprint density at radius 2 is 1.80 bits per heavy atom. The Labute approximate surface area is 205 Å². The molecule has 0 unspecified atom stereocenters. The Hall–Kier alpha value is -2.02. The first-order valence-corrected chi connectivity index (χ1v) is 9.04. The number of hydrogen-bond donors (Lipinski definition) is 4. The molecule has 1 saturated heterocycles. The molecule has 0 bridgehead atoms. The van der Waals surface area contributed by atoms with Crippen LogP contribution in [-0.4, -0.2) is 77.9 Å². The van der Waals surface area contributed by atoms with Crippen molar-refractivity contribution in [3.8, 4) is 0 Å². The van der Waals surface area contributed by atoms with Gasteiger partial charge in [0, 0.05) is 77.6 Å². The maximum atomic E-state index is 11.6. The maximum absolute atomic E-state index is 11.6. The van der Waals surface area contributed by atoms with Crippen molar-refractivity contribution >= 4 is 41.6 Å². The van der Waals surface area contributed by atoms with Crippen LogP contribution in [0.5, 0.6) is 0 Å². The van der Waals surface area contributed by atoms with Gasteiger partial charge in [-0.1, -0.05) is 18.6 Å². The molecule has 0 saturated carbocycles. The van der Waals surface area contributed by atoms with Crippen molar-refractivity contribution in [3.63, 3.8) is 0 Å². The summed E-state index contributed by atoms with van der Waals surface area (Å²) in [6, 6.07) is 0. The standard InChI is InChI=1S/C11H20N6O.C5H5ClN4O.Y/c1-15-11(14)9(8-13)16-4-6-17(7-5-16)10(18)2-3-12;6-3-5(8)10-4(7)2(1-11)9-3;/h8H,2-7,12H2,1H3,(H2-2,13,14,15);1H,(H4,7,8,10);/q-2;;. The van der Waals surface area contributed by atoms with Gasteiger partial charge in [-0.15, -0.1) is 0 Å². The number of aromatic nitrogens is 2. The summed E-state index contributed by atoms with van der Waals surface area (Å²) in [7, 11) is 1.63. The third-order valence-corrected chi connectivity index (χ3v) is 4.28. The van der Waals surface area contributed by atoms with Crippen molar-refractivity contribution in [1.82, 2.24) is 25.1 Å². The number of rotatable bonds is 6. The second-order valence-electron chi connectivity index (χ2n) is 5.83. The van der Waals surface area contributed by atoms with E-state index in [0.717, 1.165) is 6.21 Å². The SMILES string of the molecule is CN/C([NH-])=C(/C=[N-])N1CCN(C(=O)CCN)CC1.Nc1nc(N)c(C=O)nc1Cl.[Y]. The van der Waals surface area contributed by atoms with Crippen LogP contribution in [0.2, 0.25) is 5.15 Å². The van der Waals surface area contributed by atoms with Crippen LogP contribution >= 0.6 is 11.6 Å². The number of hydrogen-bond acceptors (Lipinski definition) is 9. The first kappa shape index (κ1) is 28.0. The van der Waals surface area contributed by atoms with Gasteiger partial charge in [-0.3, -0.25) is 9.59 Å². The largest absolute Gasteiger partial charge is 0.809 e. The van der Waals surface area contributed by atoms with Crippen LogP contribution in [0, 0.1) is 0 Å². The van der Waals surface area contributed by atoms with E-state index in [1.807, 2.05) is 4.90 Å². The molecule has 1 aromatic rings. The minimum Gasteiger partial charge on any atom is -0.809 e. The van der Waals surface area contributed by atoms with E-state index in [-0.39, 0.29) is 66.9 Å². The Balaban J connectivity index is 0.000000603. The molecule has 163 valence electrons. The quantitative estimate of drug-likeness (QED) is 0.290. The normalized spacial score (nSPS) is 13.8. The number of halogens is 1. The molecule has 2 rings (SSSR count). The fraction of sp³-hybridized carbons (Fsp3) is 0.438. The third kappa shape index (κ3) is 8.02. The van der Waals surface area contributed by atoms with Gasteiger partial charge in [0.15, 0.2) is 23.1 Å². The van der Waals surface area contributed by atoms with Crippen LogP contribution < -0.4 is 22.5 Å². The van der Waals surface area contributed by atoms with E-state index in [4.69, 9.17) is 39.9 Å². The molecule has 14 heteroatoms. The zero-order valence-electron chi connectivity index (χ0n) is 16.6. The fourth-order valence-electron chi connectivity index (χ4n) is 2.45. The summed E-state index contributed by atoms with van der Waals surface area (Å²) >= 11 is 5.45. The Morgan fingerprint density at radius 1 is 1.23 bits per heavy atom. The van der Waals surface area contributed by atoms with Crippen LogP contribution in [-0.2, 0) is 37.5 Å². The molecule has 1 aliphatic heterocycles. The van der Waals surface area contributed by atoms with E-state index in [1.165, 1.54) is 0 Å². The monoisotopic (exact) mass is 513 g/mol. The maximum Gasteiger partial charge on any atom is 0.223 e. The number of nitrogen functional groups attached to an aromatic ring is 2. The van der Waals surface area contributed by atoms with Crippen molar-refractivity contribution in [2.45, 2.75) is 6.42 Å². The van der Waals surface area contributed by atoms with Gasteiger partial charge in [0.05, 0.1) is 0 Å². The molecule has 0 aliphatic carbocycles. The number of aldehydes is 1. The van der Waals surface area contributed by atoms with Crippen LogP contribution in [0.15, 0.2) is 11.5 Å². The van der Waals surface area contributed by atoms with Gasteiger partial charge in [-0.2, -0.15) is 6.21 Å². The average Bonchev–Trinajstić information content (AvgIpc) is 2.72. The van der Waals surface area contributed by atoms with Gasteiger partial charge >= 0.3 is 0 Å². The summed E-state index contributed by atoms with van der Waals surface area (Å²) < 4.78 is 0. The van der Waals surface area contributed by atoms with Crippen LogP contribution in [0.3, 0.4) is 0 Å². The summed E-state index contributed by atoms with van der Waals surface area (Å²) in [5.74, 6) is 0.242. The first-order chi connectivity index (χ1) is 13.8. The molecule has 1 aliphatic rings. The Bertz CT molecular complexity index is 769. The predicted molar refractivity (Wildman–Crippen MR) is 113 cm³/mol. The molecule has 1 radical (unpaired) electrons. The second kappa shape index (κ2) is 14.1. The smallest absolute Gasteiger partial charge is 0.223 e. The van der Waals surface area contributed by atoms with E-state index >= 15 is 0 Å². The Morgan fingerprint density at radius 3 is 2.27 bits per heavy atom. The van der Waals surface area contributed by atoms with Crippen molar-refractivity contribution in [1.29, 1.82) is 0 Å². The molecule has 8 N–H and O–H groups in total. The number of nitrogens with zero attached hydrogens (tertiary/aromatic N) is 5. The molecule has 1 amide bonds. The zero-order chi connectivity index (χ0) is 22.0. The van der Waals surface area contributed by atoms with Gasteiger partial charge in [-0.05, 0) is 5.82 Å². The molecule has 0 atom stereocenters. The summed E-state index contributed by atoms with van der Waals surface area (Å²) in [6.45, 7) is 2.76. The number of amides is 1. The van der Waals surface area contributed by atoms with Gasteiger partial charge in [-0.25, -0.2) is 9.97 Å².